The van der Waals surface area contributed by atoms with Gasteiger partial charge in [0.25, 0.3) is 0 Å². The van der Waals surface area contributed by atoms with Gasteiger partial charge >= 0.3 is 0 Å². The van der Waals surface area contributed by atoms with Crippen LogP contribution >= 0.6 is 0 Å². The molecule has 0 spiro atoms. The van der Waals surface area contributed by atoms with Gasteiger partial charge < -0.3 is 10.1 Å². The number of hydrogen-bond acceptors (Lipinski definition) is 3. The lowest BCUT2D eigenvalue weighted by Gasteiger charge is -2.19. The van der Waals surface area contributed by atoms with Gasteiger partial charge in [-0.25, -0.2) is 0 Å². The third-order valence-corrected chi connectivity index (χ3v) is 4.08. The summed E-state index contributed by atoms with van der Waals surface area (Å²) in [5.74, 6) is 0. The van der Waals surface area contributed by atoms with Crippen LogP contribution in [0.2, 0.25) is 0 Å². The number of ether oxygens (including phenoxy) is 1. The fourth-order valence-corrected chi connectivity index (χ4v) is 3.05. The molecule has 0 aromatic carbocycles. The molecule has 0 aliphatic carbocycles. The van der Waals surface area contributed by atoms with Crippen molar-refractivity contribution in [3.63, 3.8) is 0 Å². The van der Waals surface area contributed by atoms with Crippen LogP contribution < -0.4 is 5.32 Å². The molecule has 1 aliphatic heterocycles. The van der Waals surface area contributed by atoms with Crippen LogP contribution in [-0.4, -0.2) is 29.0 Å². The summed E-state index contributed by atoms with van der Waals surface area (Å²) < 4.78 is 7.73. The predicted octanol–water partition coefficient (Wildman–Crippen LogP) is 3.12. The average Bonchev–Trinajstić information content (AvgIpc) is 3.03. The summed E-state index contributed by atoms with van der Waals surface area (Å²) in [6.07, 6.45) is 7.74. The standard InChI is InChI=1S/C16H29N3O/c1-4-10-17-15(16-12-13(2)18-19(16)3)9-5-7-14-8-6-11-20-14/h12,14-15,17H,4-11H2,1-3H3. The molecule has 1 N–H and O–H groups in total. The van der Waals surface area contributed by atoms with Crippen molar-refractivity contribution in [3.05, 3.63) is 17.5 Å². The van der Waals surface area contributed by atoms with Gasteiger partial charge in [0.1, 0.15) is 0 Å². The van der Waals surface area contributed by atoms with Crippen LogP contribution in [0.1, 0.15) is 62.9 Å². The maximum atomic E-state index is 5.71. The Balaban J connectivity index is 1.87. The van der Waals surface area contributed by atoms with E-state index in [1.807, 2.05) is 11.7 Å². The zero-order valence-electron chi connectivity index (χ0n) is 13.2. The van der Waals surface area contributed by atoms with Crippen LogP contribution in [0.5, 0.6) is 0 Å². The summed E-state index contributed by atoms with van der Waals surface area (Å²) in [6.45, 7) is 6.30. The summed E-state index contributed by atoms with van der Waals surface area (Å²) in [4.78, 5) is 0. The molecule has 0 amide bonds. The van der Waals surface area contributed by atoms with Crippen LogP contribution in [0, 0.1) is 6.92 Å². The number of nitrogens with one attached hydrogen (secondary N) is 1. The molecule has 0 bridgehead atoms. The highest BCUT2D eigenvalue weighted by molar-refractivity contribution is 5.13. The van der Waals surface area contributed by atoms with Gasteiger partial charge in [-0.2, -0.15) is 5.10 Å². The van der Waals surface area contributed by atoms with E-state index < -0.39 is 0 Å². The molecule has 0 saturated carbocycles. The lowest BCUT2D eigenvalue weighted by Crippen LogP contribution is -2.24. The van der Waals surface area contributed by atoms with Crippen molar-refractivity contribution in [2.45, 2.75) is 64.5 Å². The van der Waals surface area contributed by atoms with Crippen molar-refractivity contribution in [1.82, 2.24) is 15.1 Å². The fourth-order valence-electron chi connectivity index (χ4n) is 3.05. The molecule has 4 heteroatoms. The van der Waals surface area contributed by atoms with Gasteiger partial charge in [-0.3, -0.25) is 4.68 Å². The maximum Gasteiger partial charge on any atom is 0.0597 e. The summed E-state index contributed by atoms with van der Waals surface area (Å²) in [5.41, 5.74) is 2.41. The minimum atomic E-state index is 0.419. The molecule has 1 fully saturated rings. The second-order valence-electron chi connectivity index (χ2n) is 5.91. The molecular weight excluding hydrogens is 250 g/mol. The van der Waals surface area contributed by atoms with Gasteiger partial charge in [0.2, 0.25) is 0 Å². The van der Waals surface area contributed by atoms with E-state index in [2.05, 4.69) is 30.3 Å². The highest BCUT2D eigenvalue weighted by Gasteiger charge is 2.18. The Kier molecular flexibility index (Phi) is 6.05. The van der Waals surface area contributed by atoms with Gasteiger partial charge in [0.05, 0.1) is 17.5 Å². The number of aromatic nitrogens is 2. The van der Waals surface area contributed by atoms with Gasteiger partial charge in [-0.05, 0) is 58.1 Å². The molecule has 114 valence electrons. The highest BCUT2D eigenvalue weighted by Crippen LogP contribution is 2.23. The number of aryl methyl sites for hydroxylation is 2. The lowest BCUT2D eigenvalue weighted by atomic mass is 10.0. The van der Waals surface area contributed by atoms with E-state index in [0.29, 0.717) is 12.1 Å². The van der Waals surface area contributed by atoms with Gasteiger partial charge in [0.15, 0.2) is 0 Å². The van der Waals surface area contributed by atoms with Gasteiger partial charge in [-0.1, -0.05) is 6.92 Å². The Bertz CT molecular complexity index is 396. The maximum absolute atomic E-state index is 5.71. The molecule has 1 saturated heterocycles. The number of nitrogens with zero attached hydrogens (tertiary/aromatic N) is 2. The lowest BCUT2D eigenvalue weighted by molar-refractivity contribution is 0.101. The first kappa shape index (κ1) is 15.5. The van der Waals surface area contributed by atoms with Crippen LogP contribution in [0.4, 0.5) is 0 Å². The van der Waals surface area contributed by atoms with E-state index in [-0.39, 0.29) is 0 Å². The monoisotopic (exact) mass is 279 g/mol. The van der Waals surface area contributed by atoms with Crippen molar-refractivity contribution in [3.8, 4) is 0 Å². The normalized spacial score (nSPS) is 20.4. The van der Waals surface area contributed by atoms with Crippen molar-refractivity contribution in [2.75, 3.05) is 13.2 Å². The second-order valence-corrected chi connectivity index (χ2v) is 5.91. The second kappa shape index (κ2) is 7.79. The largest absolute Gasteiger partial charge is 0.378 e. The summed E-state index contributed by atoms with van der Waals surface area (Å²) in [6, 6.07) is 2.63. The number of rotatable bonds is 8. The van der Waals surface area contributed by atoms with E-state index in [1.165, 1.54) is 44.2 Å². The van der Waals surface area contributed by atoms with Crippen molar-refractivity contribution in [1.29, 1.82) is 0 Å². The van der Waals surface area contributed by atoms with Crippen LogP contribution in [0.25, 0.3) is 0 Å². The summed E-state index contributed by atoms with van der Waals surface area (Å²) in [7, 11) is 2.04. The molecular formula is C16H29N3O. The van der Waals surface area contributed by atoms with Gasteiger partial charge in [-0.15, -0.1) is 0 Å². The minimum Gasteiger partial charge on any atom is -0.378 e. The van der Waals surface area contributed by atoms with E-state index in [0.717, 1.165) is 18.8 Å². The molecule has 1 aromatic rings. The molecule has 1 aliphatic rings. The third-order valence-electron chi connectivity index (χ3n) is 4.08. The molecule has 1 aromatic heterocycles. The van der Waals surface area contributed by atoms with Crippen molar-refractivity contribution >= 4 is 0 Å². The Morgan fingerprint density at radius 3 is 3.00 bits per heavy atom. The van der Waals surface area contributed by atoms with Crippen LogP contribution in [0.3, 0.4) is 0 Å². The fraction of sp³-hybridized carbons (Fsp3) is 0.812. The zero-order valence-corrected chi connectivity index (χ0v) is 13.2. The molecule has 2 heterocycles. The minimum absolute atomic E-state index is 0.419. The van der Waals surface area contributed by atoms with Gasteiger partial charge in [0, 0.05) is 19.7 Å². The Hall–Kier alpha value is -0.870. The SMILES string of the molecule is CCCNC(CCCC1CCCO1)c1cc(C)nn1C. The summed E-state index contributed by atoms with van der Waals surface area (Å²) >= 11 is 0. The van der Waals surface area contributed by atoms with Crippen molar-refractivity contribution in [2.24, 2.45) is 7.05 Å². The van der Waals surface area contributed by atoms with Crippen LogP contribution in [-0.2, 0) is 11.8 Å². The third kappa shape index (κ3) is 4.32. The quantitative estimate of drug-likeness (QED) is 0.794. The van der Waals surface area contributed by atoms with E-state index in [1.54, 1.807) is 0 Å². The van der Waals surface area contributed by atoms with Crippen molar-refractivity contribution < 1.29 is 4.74 Å². The Labute approximate surface area is 122 Å². The first-order valence-electron chi connectivity index (χ1n) is 8.06. The van der Waals surface area contributed by atoms with Crippen LogP contribution in [0.15, 0.2) is 6.07 Å². The summed E-state index contributed by atoms with van der Waals surface area (Å²) in [5, 5.41) is 8.14. The zero-order chi connectivity index (χ0) is 14.4. The molecule has 2 atom stereocenters. The topological polar surface area (TPSA) is 39.1 Å². The average molecular weight is 279 g/mol. The Morgan fingerprint density at radius 1 is 1.55 bits per heavy atom. The predicted molar refractivity (Wildman–Crippen MR) is 81.8 cm³/mol. The molecule has 2 unspecified atom stereocenters. The Morgan fingerprint density at radius 2 is 2.40 bits per heavy atom. The first-order valence-corrected chi connectivity index (χ1v) is 8.06. The smallest absolute Gasteiger partial charge is 0.0597 e. The number of hydrogen-bond donors (Lipinski definition) is 1. The van der Waals surface area contributed by atoms with E-state index in [4.69, 9.17) is 4.74 Å². The van der Waals surface area contributed by atoms with E-state index >= 15 is 0 Å². The molecule has 4 nitrogen and oxygen atoms in total. The molecule has 2 rings (SSSR count). The molecule has 20 heavy (non-hydrogen) atoms. The molecule has 0 radical (unpaired) electrons. The highest BCUT2D eigenvalue weighted by atomic mass is 16.5. The van der Waals surface area contributed by atoms with E-state index in [9.17, 15) is 0 Å². The first-order chi connectivity index (χ1) is 9.70.